The highest BCUT2D eigenvalue weighted by molar-refractivity contribution is 6.31. The minimum atomic E-state index is 0.635. The highest BCUT2D eigenvalue weighted by Gasteiger charge is 2.15. The molecule has 0 aliphatic carbocycles. The highest BCUT2D eigenvalue weighted by atomic mass is 35.5. The average Bonchev–Trinajstić information content (AvgIpc) is 2.88. The molecule has 0 aliphatic heterocycles. The van der Waals surface area contributed by atoms with Crippen LogP contribution >= 0.6 is 11.6 Å². The van der Waals surface area contributed by atoms with Crippen LogP contribution < -0.4 is 5.32 Å². The average molecular weight is 324 g/mol. The number of rotatable bonds is 2. The first-order chi connectivity index (χ1) is 11.1. The zero-order valence-electron chi connectivity index (χ0n) is 12.7. The van der Waals surface area contributed by atoms with Crippen molar-refractivity contribution in [3.8, 4) is 0 Å². The fraction of sp³-hybridized carbons (Fsp3) is 0.111. The number of nitrogens with one attached hydrogen (secondary N) is 1. The quantitative estimate of drug-likeness (QED) is 0.537. The molecule has 0 saturated heterocycles. The van der Waals surface area contributed by atoms with Gasteiger partial charge in [0, 0.05) is 16.1 Å². The van der Waals surface area contributed by atoms with E-state index < -0.39 is 0 Å². The van der Waals surface area contributed by atoms with Crippen LogP contribution in [0.2, 0.25) is 5.02 Å². The second-order valence-electron chi connectivity index (χ2n) is 5.48. The van der Waals surface area contributed by atoms with Crippen molar-refractivity contribution >= 4 is 45.2 Å². The van der Waals surface area contributed by atoms with E-state index in [2.05, 4.69) is 15.3 Å². The molecule has 0 bridgehead atoms. The minimum Gasteiger partial charge on any atom is -0.450 e. The third kappa shape index (κ3) is 2.41. The Balaban J connectivity index is 1.96. The number of fused-ring (bicyclic) bond motifs is 3. The highest BCUT2D eigenvalue weighted by Crippen LogP contribution is 2.34. The summed E-state index contributed by atoms with van der Waals surface area (Å²) in [4.78, 5) is 9.03. The zero-order chi connectivity index (χ0) is 16.0. The molecule has 4 rings (SSSR count). The summed E-state index contributed by atoms with van der Waals surface area (Å²) in [5.74, 6) is 1.34. The van der Waals surface area contributed by atoms with Crippen LogP contribution in [-0.4, -0.2) is 9.97 Å². The largest absolute Gasteiger partial charge is 0.450 e. The number of nitrogens with zero attached hydrogens (tertiary/aromatic N) is 2. The number of furan rings is 1. The lowest BCUT2D eigenvalue weighted by atomic mass is 10.2. The summed E-state index contributed by atoms with van der Waals surface area (Å²) in [6.45, 7) is 3.91. The zero-order valence-corrected chi connectivity index (χ0v) is 13.5. The molecule has 0 amide bonds. The first-order valence-corrected chi connectivity index (χ1v) is 7.69. The van der Waals surface area contributed by atoms with Gasteiger partial charge in [0.25, 0.3) is 0 Å². The Morgan fingerprint density at radius 3 is 2.70 bits per heavy atom. The van der Waals surface area contributed by atoms with Crippen LogP contribution in [0.25, 0.3) is 22.1 Å². The third-order valence-electron chi connectivity index (χ3n) is 3.78. The number of halogens is 1. The van der Waals surface area contributed by atoms with Gasteiger partial charge in [-0.25, -0.2) is 9.97 Å². The van der Waals surface area contributed by atoms with Crippen molar-refractivity contribution in [2.45, 2.75) is 13.8 Å². The molecule has 1 N–H and O–H groups in total. The topological polar surface area (TPSA) is 51.0 Å². The van der Waals surface area contributed by atoms with E-state index in [4.69, 9.17) is 16.0 Å². The maximum absolute atomic E-state index is 6.11. The molecule has 0 aliphatic rings. The molecule has 0 fully saturated rings. The number of aryl methyl sites for hydroxylation is 2. The molecule has 5 heteroatoms. The third-order valence-corrected chi connectivity index (χ3v) is 4.02. The minimum absolute atomic E-state index is 0.635. The number of hydrogen-bond donors (Lipinski definition) is 1. The molecule has 4 aromatic rings. The van der Waals surface area contributed by atoms with Gasteiger partial charge in [0.1, 0.15) is 16.9 Å². The number of hydrogen-bond acceptors (Lipinski definition) is 4. The second kappa shape index (κ2) is 5.25. The van der Waals surface area contributed by atoms with Gasteiger partial charge in [-0.05, 0) is 43.7 Å². The number of para-hydroxylation sites is 1. The van der Waals surface area contributed by atoms with Crippen molar-refractivity contribution in [1.29, 1.82) is 0 Å². The van der Waals surface area contributed by atoms with Gasteiger partial charge < -0.3 is 9.73 Å². The van der Waals surface area contributed by atoms with E-state index >= 15 is 0 Å². The van der Waals surface area contributed by atoms with Crippen LogP contribution in [0.1, 0.15) is 11.4 Å². The van der Waals surface area contributed by atoms with Gasteiger partial charge in [0.2, 0.25) is 0 Å². The Labute approximate surface area is 138 Å². The number of benzene rings is 2. The SMILES string of the molecule is Cc1nc(Nc2ccccc2C)c2oc3ccc(Cl)cc3c2n1. The fourth-order valence-corrected chi connectivity index (χ4v) is 2.83. The first-order valence-electron chi connectivity index (χ1n) is 7.31. The van der Waals surface area contributed by atoms with Crippen LogP contribution in [0.3, 0.4) is 0 Å². The van der Waals surface area contributed by atoms with Gasteiger partial charge in [-0.2, -0.15) is 0 Å². The number of anilines is 2. The summed E-state index contributed by atoms with van der Waals surface area (Å²) in [6.07, 6.45) is 0. The van der Waals surface area contributed by atoms with Crippen molar-refractivity contribution in [3.63, 3.8) is 0 Å². The smallest absolute Gasteiger partial charge is 0.196 e. The lowest BCUT2D eigenvalue weighted by molar-refractivity contribution is 0.666. The molecule has 0 spiro atoms. The maximum Gasteiger partial charge on any atom is 0.196 e. The van der Waals surface area contributed by atoms with Gasteiger partial charge in [-0.1, -0.05) is 29.8 Å². The lowest BCUT2D eigenvalue weighted by Gasteiger charge is -2.09. The van der Waals surface area contributed by atoms with Crippen molar-refractivity contribution in [3.05, 3.63) is 58.9 Å². The van der Waals surface area contributed by atoms with Gasteiger partial charge in [-0.15, -0.1) is 0 Å². The van der Waals surface area contributed by atoms with E-state index in [-0.39, 0.29) is 0 Å². The van der Waals surface area contributed by atoms with E-state index in [0.717, 1.165) is 27.7 Å². The Morgan fingerprint density at radius 1 is 1.04 bits per heavy atom. The molecule has 0 saturated carbocycles. The van der Waals surface area contributed by atoms with E-state index in [1.54, 1.807) is 6.07 Å². The second-order valence-corrected chi connectivity index (χ2v) is 5.92. The molecule has 4 nitrogen and oxygen atoms in total. The summed E-state index contributed by atoms with van der Waals surface area (Å²) >= 11 is 6.11. The molecule has 23 heavy (non-hydrogen) atoms. The summed E-state index contributed by atoms with van der Waals surface area (Å²) < 4.78 is 5.96. The van der Waals surface area contributed by atoms with E-state index in [1.165, 1.54) is 0 Å². The fourth-order valence-electron chi connectivity index (χ4n) is 2.65. The molecular weight excluding hydrogens is 310 g/mol. The van der Waals surface area contributed by atoms with E-state index in [0.29, 0.717) is 22.2 Å². The molecular formula is C18H14ClN3O. The van der Waals surface area contributed by atoms with Crippen molar-refractivity contribution in [2.24, 2.45) is 0 Å². The maximum atomic E-state index is 6.11. The van der Waals surface area contributed by atoms with Crippen LogP contribution in [-0.2, 0) is 0 Å². The molecule has 2 aromatic heterocycles. The lowest BCUT2D eigenvalue weighted by Crippen LogP contribution is -1.99. The van der Waals surface area contributed by atoms with Gasteiger partial charge in [0.15, 0.2) is 11.4 Å². The molecule has 114 valence electrons. The molecule has 0 unspecified atom stereocenters. The van der Waals surface area contributed by atoms with Gasteiger partial charge in [0.05, 0.1) is 0 Å². The van der Waals surface area contributed by atoms with Crippen LogP contribution in [0.5, 0.6) is 0 Å². The Kier molecular flexibility index (Phi) is 3.20. The molecule has 0 radical (unpaired) electrons. The molecule has 2 aromatic carbocycles. The van der Waals surface area contributed by atoms with Crippen LogP contribution in [0.15, 0.2) is 46.9 Å². The predicted molar refractivity (Wildman–Crippen MR) is 93.5 cm³/mol. The summed E-state index contributed by atoms with van der Waals surface area (Å²) in [5.41, 5.74) is 4.28. The van der Waals surface area contributed by atoms with E-state index in [1.807, 2.05) is 50.2 Å². The molecule has 0 atom stereocenters. The van der Waals surface area contributed by atoms with Crippen molar-refractivity contribution in [1.82, 2.24) is 9.97 Å². The van der Waals surface area contributed by atoms with Crippen molar-refractivity contribution in [2.75, 3.05) is 5.32 Å². The van der Waals surface area contributed by atoms with E-state index in [9.17, 15) is 0 Å². The van der Waals surface area contributed by atoms with Crippen LogP contribution in [0.4, 0.5) is 11.5 Å². The van der Waals surface area contributed by atoms with Crippen LogP contribution in [0, 0.1) is 13.8 Å². The molecule has 2 heterocycles. The van der Waals surface area contributed by atoms with Crippen molar-refractivity contribution < 1.29 is 4.42 Å². The number of aromatic nitrogens is 2. The van der Waals surface area contributed by atoms with Gasteiger partial charge in [-0.3, -0.25) is 0 Å². The summed E-state index contributed by atoms with van der Waals surface area (Å²) in [6, 6.07) is 13.6. The predicted octanol–water partition coefficient (Wildman–Crippen LogP) is 5.39. The Morgan fingerprint density at radius 2 is 1.87 bits per heavy atom. The first kappa shape index (κ1) is 14.0. The summed E-state index contributed by atoms with van der Waals surface area (Å²) in [7, 11) is 0. The monoisotopic (exact) mass is 323 g/mol. The standard InChI is InChI=1S/C18H14ClN3O/c1-10-5-3-4-6-14(10)22-18-17-16(20-11(2)21-18)13-9-12(19)7-8-15(13)23-17/h3-9H,1-2H3,(H,20,21,22). The Bertz CT molecular complexity index is 1040. The Hall–Kier alpha value is -2.59. The summed E-state index contributed by atoms with van der Waals surface area (Å²) in [5, 5.41) is 4.91. The normalized spacial score (nSPS) is 11.3. The van der Waals surface area contributed by atoms with Gasteiger partial charge >= 0.3 is 0 Å².